The second-order valence-corrected chi connectivity index (χ2v) is 17.7. The summed E-state index contributed by atoms with van der Waals surface area (Å²) < 4.78 is 14.1. The monoisotopic (exact) mass is 692 g/mol. The minimum Gasteiger partial charge on any atom is -0.458 e. The van der Waals surface area contributed by atoms with Gasteiger partial charge in [0.1, 0.15) is 23.0 Å². The molecule has 0 atom stereocenters. The number of rotatable bonds is 2. The fourth-order valence-electron chi connectivity index (χ4n) is 9.22. The molecule has 0 saturated carbocycles. The van der Waals surface area contributed by atoms with Gasteiger partial charge < -0.3 is 19.3 Å². The van der Waals surface area contributed by atoms with Crippen LogP contribution in [0, 0.1) is 0 Å². The van der Waals surface area contributed by atoms with E-state index < -0.39 is 0 Å². The summed E-state index contributed by atoms with van der Waals surface area (Å²) in [6.45, 7) is 16.5. The molecular formula is C48H45BN2O2. The van der Waals surface area contributed by atoms with Gasteiger partial charge in [-0.05, 0) is 105 Å². The first-order chi connectivity index (χ1) is 25.4. The summed E-state index contributed by atoms with van der Waals surface area (Å²) in [5, 5.41) is 0. The Labute approximate surface area is 314 Å². The summed E-state index contributed by atoms with van der Waals surface area (Å²) in [6, 6.07) is 44.1. The number of para-hydroxylation sites is 5. The van der Waals surface area contributed by atoms with Crippen LogP contribution in [0.1, 0.15) is 78.0 Å². The molecule has 3 heterocycles. The second-order valence-electron chi connectivity index (χ2n) is 17.7. The fraction of sp³-hybridized carbons (Fsp3) is 0.250. The zero-order valence-electron chi connectivity index (χ0n) is 31.7. The van der Waals surface area contributed by atoms with Crippen molar-refractivity contribution in [2.45, 2.75) is 77.6 Å². The van der Waals surface area contributed by atoms with Crippen LogP contribution in [-0.2, 0) is 16.2 Å². The Morgan fingerprint density at radius 1 is 0.509 bits per heavy atom. The summed E-state index contributed by atoms with van der Waals surface area (Å²) in [6.07, 6.45) is 2.32. The molecule has 10 rings (SSSR count). The SMILES string of the molecule is CC(C)(C)c1ccc2c(c1)B1c3cc4c(cc3Oc3cc(N5c6ccccc6N(c6ccccc6)c6ccccc65)cc(c31)O2)C(C)(C)CCC4(C)C. The molecule has 6 aromatic carbocycles. The normalized spacial score (nSPS) is 16.9. The third-order valence-electron chi connectivity index (χ3n) is 12.3. The van der Waals surface area contributed by atoms with Crippen molar-refractivity contribution in [2.24, 2.45) is 0 Å². The highest BCUT2D eigenvalue weighted by Crippen LogP contribution is 2.55. The number of fused-ring (bicyclic) bond motifs is 7. The maximum absolute atomic E-state index is 7.15. The number of hydrogen-bond donors (Lipinski definition) is 0. The minimum atomic E-state index is -0.00973. The number of nitrogens with zero attached hydrogens (tertiary/aromatic N) is 2. The summed E-state index contributed by atoms with van der Waals surface area (Å²) in [5.41, 5.74) is 14.4. The van der Waals surface area contributed by atoms with Gasteiger partial charge in [-0.25, -0.2) is 0 Å². The molecule has 6 aromatic rings. The first kappa shape index (κ1) is 32.3. The lowest BCUT2D eigenvalue weighted by Crippen LogP contribution is -2.58. The fourth-order valence-corrected chi connectivity index (χ4v) is 9.22. The van der Waals surface area contributed by atoms with E-state index in [-0.39, 0.29) is 23.0 Å². The van der Waals surface area contributed by atoms with Crippen LogP contribution in [0.5, 0.6) is 23.0 Å². The van der Waals surface area contributed by atoms with Crippen molar-refractivity contribution >= 4 is 57.2 Å². The molecule has 0 spiro atoms. The van der Waals surface area contributed by atoms with Crippen LogP contribution in [0.4, 0.5) is 34.1 Å². The Hall–Kier alpha value is -5.42. The Morgan fingerprint density at radius 3 is 1.57 bits per heavy atom. The van der Waals surface area contributed by atoms with E-state index in [1.54, 1.807) is 0 Å². The van der Waals surface area contributed by atoms with Crippen molar-refractivity contribution in [3.05, 3.63) is 138 Å². The largest absolute Gasteiger partial charge is 0.458 e. The van der Waals surface area contributed by atoms with Crippen molar-refractivity contribution in [1.82, 2.24) is 0 Å². The van der Waals surface area contributed by atoms with Crippen LogP contribution in [0.25, 0.3) is 0 Å². The first-order valence-electron chi connectivity index (χ1n) is 19.1. The zero-order chi connectivity index (χ0) is 36.4. The van der Waals surface area contributed by atoms with Crippen LogP contribution in [-0.4, -0.2) is 6.71 Å². The van der Waals surface area contributed by atoms with Crippen LogP contribution >= 0.6 is 0 Å². The van der Waals surface area contributed by atoms with Gasteiger partial charge >= 0.3 is 0 Å². The van der Waals surface area contributed by atoms with Gasteiger partial charge in [0.15, 0.2) is 0 Å². The highest BCUT2D eigenvalue weighted by Gasteiger charge is 2.45. The first-order valence-corrected chi connectivity index (χ1v) is 19.1. The zero-order valence-corrected chi connectivity index (χ0v) is 31.7. The number of hydrogen-bond acceptors (Lipinski definition) is 4. The van der Waals surface area contributed by atoms with Gasteiger partial charge in [0.2, 0.25) is 0 Å². The second kappa shape index (κ2) is 11.1. The van der Waals surface area contributed by atoms with E-state index in [2.05, 4.69) is 180 Å². The lowest BCUT2D eigenvalue weighted by atomic mass is 9.34. The maximum Gasteiger partial charge on any atom is 0.260 e. The topological polar surface area (TPSA) is 24.9 Å². The average molecular weight is 693 g/mol. The smallest absolute Gasteiger partial charge is 0.260 e. The Morgan fingerprint density at radius 2 is 1.00 bits per heavy atom. The summed E-state index contributed by atoms with van der Waals surface area (Å²) >= 11 is 0. The average Bonchev–Trinajstić information content (AvgIpc) is 3.14. The van der Waals surface area contributed by atoms with E-state index in [1.807, 2.05) is 0 Å². The molecule has 1 aliphatic carbocycles. The van der Waals surface area contributed by atoms with Crippen molar-refractivity contribution in [1.29, 1.82) is 0 Å². The maximum atomic E-state index is 7.15. The highest BCUT2D eigenvalue weighted by atomic mass is 16.5. The molecule has 0 N–H and O–H groups in total. The van der Waals surface area contributed by atoms with E-state index in [1.165, 1.54) is 27.6 Å². The lowest BCUT2D eigenvalue weighted by molar-refractivity contribution is 0.330. The van der Waals surface area contributed by atoms with E-state index in [0.29, 0.717) is 0 Å². The van der Waals surface area contributed by atoms with E-state index in [4.69, 9.17) is 9.47 Å². The summed E-state index contributed by atoms with van der Waals surface area (Å²) in [5.74, 6) is 3.58. The Bertz CT molecular complexity index is 2430. The standard InChI is InChI=1S/C48H45BN2O2/c1-46(2,3)30-21-22-41-35(25-30)49-36-28-33-34(48(6,7)24-23-47(33,4)5)29-42(36)53-44-27-32(26-43(52-41)45(44)49)51-39-19-13-11-17-37(39)50(31-15-9-8-10-16-31)38-18-12-14-20-40(38)51/h8-22,25-29H,23-24H2,1-7H3. The van der Waals surface area contributed by atoms with Crippen LogP contribution in [0.15, 0.2) is 121 Å². The molecule has 0 unspecified atom stereocenters. The summed E-state index contributed by atoms with van der Waals surface area (Å²) in [4.78, 5) is 4.73. The molecule has 0 radical (unpaired) electrons. The third kappa shape index (κ3) is 4.82. The van der Waals surface area contributed by atoms with Gasteiger partial charge in [0.05, 0.1) is 28.4 Å². The molecular weight excluding hydrogens is 647 g/mol. The molecule has 262 valence electrons. The quantitative estimate of drug-likeness (QED) is 0.168. The molecule has 0 aromatic heterocycles. The highest BCUT2D eigenvalue weighted by molar-refractivity contribution is 6.98. The van der Waals surface area contributed by atoms with Crippen molar-refractivity contribution in [3.63, 3.8) is 0 Å². The van der Waals surface area contributed by atoms with Crippen molar-refractivity contribution < 1.29 is 9.47 Å². The third-order valence-corrected chi connectivity index (χ3v) is 12.3. The van der Waals surface area contributed by atoms with Crippen molar-refractivity contribution in [3.8, 4) is 23.0 Å². The molecule has 5 heteroatoms. The van der Waals surface area contributed by atoms with Gasteiger partial charge in [-0.2, -0.15) is 0 Å². The molecule has 3 aliphatic heterocycles. The lowest BCUT2D eigenvalue weighted by Gasteiger charge is -2.44. The van der Waals surface area contributed by atoms with Gasteiger partial charge in [-0.15, -0.1) is 0 Å². The molecule has 0 bridgehead atoms. The molecule has 53 heavy (non-hydrogen) atoms. The minimum absolute atomic E-state index is 0.000532. The molecule has 4 nitrogen and oxygen atoms in total. The van der Waals surface area contributed by atoms with Crippen molar-refractivity contribution in [2.75, 3.05) is 9.80 Å². The summed E-state index contributed by atoms with van der Waals surface area (Å²) in [7, 11) is 0. The van der Waals surface area contributed by atoms with Gasteiger partial charge in [-0.1, -0.05) is 109 Å². The Balaban J connectivity index is 1.21. The molecule has 4 aliphatic rings. The Kier molecular flexibility index (Phi) is 6.73. The predicted molar refractivity (Wildman–Crippen MR) is 221 cm³/mol. The van der Waals surface area contributed by atoms with Gasteiger partial charge in [0, 0.05) is 23.3 Å². The van der Waals surface area contributed by atoms with Gasteiger partial charge in [-0.3, -0.25) is 0 Å². The van der Waals surface area contributed by atoms with Gasteiger partial charge in [0.25, 0.3) is 6.71 Å². The number of benzene rings is 6. The molecule has 0 amide bonds. The van der Waals surface area contributed by atoms with Crippen LogP contribution < -0.4 is 35.7 Å². The van der Waals surface area contributed by atoms with E-state index in [0.717, 1.165) is 75.4 Å². The van der Waals surface area contributed by atoms with E-state index in [9.17, 15) is 0 Å². The number of ether oxygens (including phenoxy) is 2. The van der Waals surface area contributed by atoms with Crippen LogP contribution in [0.2, 0.25) is 0 Å². The molecule has 0 saturated heterocycles. The molecule has 0 fully saturated rings. The van der Waals surface area contributed by atoms with Crippen LogP contribution in [0.3, 0.4) is 0 Å². The van der Waals surface area contributed by atoms with E-state index >= 15 is 0 Å². The number of anilines is 6. The predicted octanol–water partition coefficient (Wildman–Crippen LogP) is 11.3.